The number of aromatic nitrogens is 2. The van der Waals surface area contributed by atoms with Crippen LogP contribution in [0.3, 0.4) is 0 Å². The van der Waals surface area contributed by atoms with Crippen molar-refractivity contribution in [3.8, 4) is 0 Å². The summed E-state index contributed by atoms with van der Waals surface area (Å²) in [5, 5.41) is 2.87. The highest BCUT2D eigenvalue weighted by Crippen LogP contribution is 2.28. The molecule has 0 aliphatic rings. The molecule has 0 spiro atoms. The molecule has 0 aliphatic carbocycles. The van der Waals surface area contributed by atoms with Crippen molar-refractivity contribution >= 4 is 33.1 Å². The average molecular weight is 378 g/mol. The Kier molecular flexibility index (Phi) is 4.84. The maximum atomic E-state index is 13.3. The quantitative estimate of drug-likeness (QED) is 0.732. The maximum absolute atomic E-state index is 13.3. The van der Waals surface area contributed by atoms with Crippen LogP contribution in [0.1, 0.15) is 21.1 Å². The van der Waals surface area contributed by atoms with Crippen LogP contribution >= 0.6 is 11.3 Å². The molecule has 0 atom stereocenters. The van der Waals surface area contributed by atoms with Crippen LogP contribution < -0.4 is 10.9 Å². The second-order valence-electron chi connectivity index (χ2n) is 6.07. The molecule has 2 aromatic heterocycles. The number of H-pyrrole nitrogens is 1. The number of halogens is 2. The van der Waals surface area contributed by atoms with E-state index in [-0.39, 0.29) is 11.2 Å². The SMILES string of the molecule is Cc1c(C(=O)Nc2ccc(F)c(F)c2)sc2nc(CN(C)C)[nH]c(=O)c12. The second-order valence-corrected chi connectivity index (χ2v) is 7.07. The molecule has 3 aromatic rings. The number of hydrogen-bond acceptors (Lipinski definition) is 5. The fourth-order valence-electron chi connectivity index (χ4n) is 2.54. The molecular formula is C17H16F2N4O2S. The van der Waals surface area contributed by atoms with Gasteiger partial charge in [-0.25, -0.2) is 13.8 Å². The summed E-state index contributed by atoms with van der Waals surface area (Å²) < 4.78 is 26.3. The summed E-state index contributed by atoms with van der Waals surface area (Å²) in [5.41, 5.74) is 0.309. The van der Waals surface area contributed by atoms with Crippen LogP contribution in [0.4, 0.5) is 14.5 Å². The fourth-order valence-corrected chi connectivity index (χ4v) is 3.64. The van der Waals surface area contributed by atoms with Crippen LogP contribution in [0.25, 0.3) is 10.2 Å². The van der Waals surface area contributed by atoms with E-state index in [2.05, 4.69) is 15.3 Å². The zero-order chi connectivity index (χ0) is 19.0. The first-order valence-corrected chi connectivity index (χ1v) is 8.51. The van der Waals surface area contributed by atoms with Gasteiger partial charge in [-0.1, -0.05) is 0 Å². The summed E-state index contributed by atoms with van der Waals surface area (Å²) in [6, 6.07) is 3.10. The number of anilines is 1. The van der Waals surface area contributed by atoms with Gasteiger partial charge in [0, 0.05) is 11.8 Å². The Balaban J connectivity index is 1.97. The Hall–Kier alpha value is -2.65. The van der Waals surface area contributed by atoms with Gasteiger partial charge in [-0.3, -0.25) is 9.59 Å². The van der Waals surface area contributed by atoms with Gasteiger partial charge in [0.05, 0.1) is 16.8 Å². The predicted octanol–water partition coefficient (Wildman–Crippen LogP) is 2.89. The molecule has 1 amide bonds. The zero-order valence-electron chi connectivity index (χ0n) is 14.3. The van der Waals surface area contributed by atoms with Gasteiger partial charge in [-0.15, -0.1) is 11.3 Å². The number of fused-ring (bicyclic) bond motifs is 1. The Morgan fingerprint density at radius 2 is 2.04 bits per heavy atom. The van der Waals surface area contributed by atoms with Crippen LogP contribution in [-0.4, -0.2) is 34.9 Å². The summed E-state index contributed by atoms with van der Waals surface area (Å²) in [4.78, 5) is 34.6. The number of amides is 1. The standard InChI is InChI=1S/C17H16F2N4O2S/c1-8-13-15(24)21-12(7-23(2)3)22-17(13)26-14(8)16(25)20-9-4-5-10(18)11(19)6-9/h4-6H,7H2,1-3H3,(H,20,25)(H,21,22,24). The Morgan fingerprint density at radius 1 is 1.31 bits per heavy atom. The van der Waals surface area contributed by atoms with Crippen molar-refractivity contribution in [1.29, 1.82) is 0 Å². The van der Waals surface area contributed by atoms with Crippen molar-refractivity contribution in [2.75, 3.05) is 19.4 Å². The zero-order valence-corrected chi connectivity index (χ0v) is 15.1. The molecule has 0 saturated heterocycles. The lowest BCUT2D eigenvalue weighted by Gasteiger charge is -2.07. The van der Waals surface area contributed by atoms with E-state index in [4.69, 9.17) is 0 Å². The monoisotopic (exact) mass is 378 g/mol. The molecule has 3 rings (SSSR count). The Morgan fingerprint density at radius 3 is 2.69 bits per heavy atom. The van der Waals surface area contributed by atoms with Crippen molar-refractivity contribution in [2.45, 2.75) is 13.5 Å². The number of aromatic amines is 1. The summed E-state index contributed by atoms with van der Waals surface area (Å²) in [5.74, 6) is -2.06. The molecule has 2 heterocycles. The number of aryl methyl sites for hydroxylation is 1. The molecule has 0 radical (unpaired) electrons. The van der Waals surface area contributed by atoms with Crippen molar-refractivity contribution in [1.82, 2.24) is 14.9 Å². The van der Waals surface area contributed by atoms with Crippen molar-refractivity contribution in [3.05, 3.63) is 56.5 Å². The van der Waals surface area contributed by atoms with Crippen LogP contribution in [-0.2, 0) is 6.54 Å². The van der Waals surface area contributed by atoms with Crippen LogP contribution in [0.15, 0.2) is 23.0 Å². The van der Waals surface area contributed by atoms with Gasteiger partial charge in [0.15, 0.2) is 11.6 Å². The number of rotatable bonds is 4. The van der Waals surface area contributed by atoms with Crippen LogP contribution in [0, 0.1) is 18.6 Å². The minimum atomic E-state index is -1.05. The third-order valence-corrected chi connectivity index (χ3v) is 4.88. The molecular weight excluding hydrogens is 362 g/mol. The van der Waals surface area contributed by atoms with Crippen molar-refractivity contribution < 1.29 is 13.6 Å². The summed E-state index contributed by atoms with van der Waals surface area (Å²) in [7, 11) is 3.70. The lowest BCUT2D eigenvalue weighted by atomic mass is 10.2. The normalized spacial score (nSPS) is 11.3. The first-order valence-electron chi connectivity index (χ1n) is 7.69. The van der Waals surface area contributed by atoms with Crippen LogP contribution in [0.5, 0.6) is 0 Å². The van der Waals surface area contributed by atoms with Gasteiger partial charge in [0.1, 0.15) is 10.7 Å². The van der Waals surface area contributed by atoms with Gasteiger partial charge in [-0.05, 0) is 38.7 Å². The van der Waals surface area contributed by atoms with Crippen molar-refractivity contribution in [2.24, 2.45) is 0 Å². The first-order chi connectivity index (χ1) is 12.3. The topological polar surface area (TPSA) is 78.1 Å². The van der Waals surface area contributed by atoms with E-state index in [9.17, 15) is 18.4 Å². The number of nitrogens with zero attached hydrogens (tertiary/aromatic N) is 2. The second kappa shape index (κ2) is 6.93. The molecule has 1 aromatic carbocycles. The smallest absolute Gasteiger partial charge is 0.266 e. The van der Waals surface area contributed by atoms with E-state index in [1.54, 1.807) is 6.92 Å². The summed E-state index contributed by atoms with van der Waals surface area (Å²) >= 11 is 1.08. The maximum Gasteiger partial charge on any atom is 0.266 e. The number of benzene rings is 1. The first kappa shape index (κ1) is 18.2. The lowest BCUT2D eigenvalue weighted by molar-refractivity contribution is 0.103. The van der Waals surface area contributed by atoms with Gasteiger partial charge in [0.2, 0.25) is 0 Å². The molecule has 2 N–H and O–H groups in total. The molecule has 0 bridgehead atoms. The van der Waals surface area contributed by atoms with E-state index >= 15 is 0 Å². The largest absolute Gasteiger partial charge is 0.321 e. The minimum absolute atomic E-state index is 0.126. The van der Waals surface area contributed by atoms with E-state index in [1.807, 2.05) is 19.0 Å². The third-order valence-electron chi connectivity index (χ3n) is 3.70. The van der Waals surface area contributed by atoms with E-state index in [0.29, 0.717) is 33.0 Å². The Bertz CT molecular complexity index is 1060. The molecule has 6 nitrogen and oxygen atoms in total. The highest BCUT2D eigenvalue weighted by Gasteiger charge is 2.20. The Labute approximate surface area is 151 Å². The highest BCUT2D eigenvalue weighted by molar-refractivity contribution is 7.20. The summed E-state index contributed by atoms with van der Waals surface area (Å²) in [6.07, 6.45) is 0. The summed E-state index contributed by atoms with van der Waals surface area (Å²) in [6.45, 7) is 2.11. The van der Waals surface area contributed by atoms with Gasteiger partial charge in [-0.2, -0.15) is 0 Å². The lowest BCUT2D eigenvalue weighted by Crippen LogP contribution is -2.18. The van der Waals surface area contributed by atoms with Gasteiger partial charge in [0.25, 0.3) is 11.5 Å². The van der Waals surface area contributed by atoms with Gasteiger partial charge < -0.3 is 15.2 Å². The number of hydrogen-bond donors (Lipinski definition) is 2. The van der Waals surface area contributed by atoms with E-state index < -0.39 is 17.5 Å². The molecule has 136 valence electrons. The molecule has 0 fully saturated rings. The van der Waals surface area contributed by atoms with Crippen LogP contribution in [0.2, 0.25) is 0 Å². The number of carbonyl (C=O) groups is 1. The number of carbonyl (C=O) groups excluding carboxylic acids is 1. The third kappa shape index (κ3) is 3.49. The molecule has 26 heavy (non-hydrogen) atoms. The molecule has 0 aliphatic heterocycles. The molecule has 9 heteroatoms. The highest BCUT2D eigenvalue weighted by atomic mass is 32.1. The molecule has 0 unspecified atom stereocenters. The fraction of sp³-hybridized carbons (Fsp3) is 0.235. The van der Waals surface area contributed by atoms with Gasteiger partial charge >= 0.3 is 0 Å². The molecule has 0 saturated carbocycles. The minimum Gasteiger partial charge on any atom is -0.321 e. The van der Waals surface area contributed by atoms with E-state index in [0.717, 1.165) is 23.5 Å². The van der Waals surface area contributed by atoms with Crippen molar-refractivity contribution in [3.63, 3.8) is 0 Å². The number of nitrogens with one attached hydrogen (secondary N) is 2. The van der Waals surface area contributed by atoms with E-state index in [1.165, 1.54) is 6.07 Å². The predicted molar refractivity (Wildman–Crippen MR) is 96.7 cm³/mol. The average Bonchev–Trinajstić information content (AvgIpc) is 2.87. The number of thiophene rings is 1.